The van der Waals surface area contributed by atoms with Gasteiger partial charge in [-0.2, -0.15) is 0 Å². The van der Waals surface area contributed by atoms with Crippen molar-refractivity contribution >= 4 is 11.7 Å². The lowest BCUT2D eigenvalue weighted by Crippen LogP contribution is -2.22. The molecule has 0 saturated heterocycles. The molecule has 0 bridgehead atoms. The molecule has 1 aromatic rings. The van der Waals surface area contributed by atoms with Crippen molar-refractivity contribution in [2.75, 3.05) is 25.9 Å². The summed E-state index contributed by atoms with van der Waals surface area (Å²) in [4.78, 5) is 13.6. The van der Waals surface area contributed by atoms with E-state index in [4.69, 9.17) is 5.73 Å². The SMILES string of the molecule is CCN(CC)Cc1ccc(C(=O)OC)cc1N. The Hall–Kier alpha value is -1.55. The number of benzene rings is 1. The van der Waals surface area contributed by atoms with E-state index in [1.54, 1.807) is 12.1 Å². The highest BCUT2D eigenvalue weighted by Gasteiger charge is 2.09. The summed E-state index contributed by atoms with van der Waals surface area (Å²) < 4.78 is 4.65. The molecule has 0 heterocycles. The smallest absolute Gasteiger partial charge is 0.337 e. The molecular weight excluding hydrogens is 216 g/mol. The van der Waals surface area contributed by atoms with Crippen molar-refractivity contribution < 1.29 is 9.53 Å². The molecule has 0 radical (unpaired) electrons. The minimum Gasteiger partial charge on any atom is -0.465 e. The fourth-order valence-corrected chi connectivity index (χ4v) is 1.67. The van der Waals surface area contributed by atoms with E-state index in [2.05, 4.69) is 23.5 Å². The summed E-state index contributed by atoms with van der Waals surface area (Å²) in [6.07, 6.45) is 0. The molecule has 0 aromatic heterocycles. The molecular formula is C13H20N2O2. The topological polar surface area (TPSA) is 55.6 Å². The van der Waals surface area contributed by atoms with Crippen molar-refractivity contribution in [3.05, 3.63) is 29.3 Å². The largest absolute Gasteiger partial charge is 0.465 e. The van der Waals surface area contributed by atoms with Crippen LogP contribution in [0.2, 0.25) is 0 Å². The number of rotatable bonds is 5. The molecule has 0 aliphatic heterocycles. The van der Waals surface area contributed by atoms with Crippen LogP contribution in [0.4, 0.5) is 5.69 Å². The van der Waals surface area contributed by atoms with Gasteiger partial charge in [-0.25, -0.2) is 4.79 Å². The van der Waals surface area contributed by atoms with Gasteiger partial charge in [0, 0.05) is 12.2 Å². The van der Waals surface area contributed by atoms with Crippen molar-refractivity contribution in [1.29, 1.82) is 0 Å². The Labute approximate surface area is 102 Å². The lowest BCUT2D eigenvalue weighted by atomic mass is 10.1. The van der Waals surface area contributed by atoms with Crippen molar-refractivity contribution in [3.63, 3.8) is 0 Å². The van der Waals surface area contributed by atoms with Gasteiger partial charge in [0.05, 0.1) is 12.7 Å². The zero-order valence-corrected chi connectivity index (χ0v) is 10.7. The summed E-state index contributed by atoms with van der Waals surface area (Å²) in [6.45, 7) is 6.99. The first-order valence-electron chi connectivity index (χ1n) is 5.81. The minimum absolute atomic E-state index is 0.355. The average molecular weight is 236 g/mol. The summed E-state index contributed by atoms with van der Waals surface area (Å²) in [6, 6.07) is 5.31. The highest BCUT2D eigenvalue weighted by Crippen LogP contribution is 2.17. The molecule has 0 atom stereocenters. The lowest BCUT2D eigenvalue weighted by Gasteiger charge is -2.19. The Kier molecular flexibility index (Phi) is 4.97. The third kappa shape index (κ3) is 3.46. The Morgan fingerprint density at radius 2 is 2.00 bits per heavy atom. The number of nitrogen functional groups attached to an aromatic ring is 1. The number of nitrogens with two attached hydrogens (primary N) is 1. The van der Waals surface area contributed by atoms with Crippen LogP contribution in [0, 0.1) is 0 Å². The fraction of sp³-hybridized carbons (Fsp3) is 0.462. The van der Waals surface area contributed by atoms with Crippen LogP contribution in [-0.2, 0) is 11.3 Å². The predicted molar refractivity (Wildman–Crippen MR) is 68.8 cm³/mol. The normalized spacial score (nSPS) is 10.6. The van der Waals surface area contributed by atoms with Crippen LogP contribution >= 0.6 is 0 Å². The summed E-state index contributed by atoms with van der Waals surface area (Å²) in [5.41, 5.74) is 8.11. The van der Waals surface area contributed by atoms with Gasteiger partial charge in [0.2, 0.25) is 0 Å². The van der Waals surface area contributed by atoms with Crippen LogP contribution in [0.3, 0.4) is 0 Å². The van der Waals surface area contributed by atoms with Gasteiger partial charge >= 0.3 is 5.97 Å². The summed E-state index contributed by atoms with van der Waals surface area (Å²) in [7, 11) is 1.36. The highest BCUT2D eigenvalue weighted by molar-refractivity contribution is 5.90. The van der Waals surface area contributed by atoms with Crippen molar-refractivity contribution in [2.45, 2.75) is 20.4 Å². The number of ether oxygens (including phenoxy) is 1. The number of anilines is 1. The lowest BCUT2D eigenvalue weighted by molar-refractivity contribution is 0.0601. The molecule has 4 heteroatoms. The molecule has 0 amide bonds. The number of methoxy groups -OCH3 is 1. The molecule has 1 aromatic carbocycles. The summed E-state index contributed by atoms with van der Waals surface area (Å²) in [5.74, 6) is -0.355. The average Bonchev–Trinajstić information content (AvgIpc) is 2.36. The van der Waals surface area contributed by atoms with Gasteiger partial charge in [0.25, 0.3) is 0 Å². The zero-order chi connectivity index (χ0) is 12.8. The molecule has 0 aliphatic rings. The maximum absolute atomic E-state index is 11.3. The number of hydrogen-bond donors (Lipinski definition) is 1. The van der Waals surface area contributed by atoms with Crippen LogP contribution in [-0.4, -0.2) is 31.1 Å². The van der Waals surface area contributed by atoms with Crippen LogP contribution in [0.25, 0.3) is 0 Å². The number of nitrogens with zero attached hydrogens (tertiary/aromatic N) is 1. The maximum atomic E-state index is 11.3. The van der Waals surface area contributed by atoms with E-state index >= 15 is 0 Å². The monoisotopic (exact) mass is 236 g/mol. The molecule has 1 rings (SSSR count). The quantitative estimate of drug-likeness (QED) is 0.626. The van der Waals surface area contributed by atoms with Crippen molar-refractivity contribution in [1.82, 2.24) is 4.90 Å². The number of esters is 1. The second-order valence-corrected chi connectivity index (χ2v) is 3.87. The van der Waals surface area contributed by atoms with E-state index in [9.17, 15) is 4.79 Å². The molecule has 0 unspecified atom stereocenters. The molecule has 2 N–H and O–H groups in total. The highest BCUT2D eigenvalue weighted by atomic mass is 16.5. The summed E-state index contributed by atoms with van der Waals surface area (Å²) >= 11 is 0. The van der Waals surface area contributed by atoms with Gasteiger partial charge in [0.15, 0.2) is 0 Å². The molecule has 17 heavy (non-hydrogen) atoms. The van der Waals surface area contributed by atoms with E-state index in [1.165, 1.54) is 7.11 Å². The molecule has 0 spiro atoms. The van der Waals surface area contributed by atoms with E-state index in [0.717, 1.165) is 25.2 Å². The van der Waals surface area contributed by atoms with Crippen LogP contribution in [0.5, 0.6) is 0 Å². The first kappa shape index (κ1) is 13.5. The Morgan fingerprint density at radius 1 is 1.35 bits per heavy atom. The minimum atomic E-state index is -0.355. The Morgan fingerprint density at radius 3 is 2.47 bits per heavy atom. The second-order valence-electron chi connectivity index (χ2n) is 3.87. The number of carbonyl (C=O) groups is 1. The van der Waals surface area contributed by atoms with E-state index in [1.807, 2.05) is 6.07 Å². The predicted octanol–water partition coefficient (Wildman–Crippen LogP) is 1.90. The van der Waals surface area contributed by atoms with Gasteiger partial charge in [0.1, 0.15) is 0 Å². The fourth-order valence-electron chi connectivity index (χ4n) is 1.67. The van der Waals surface area contributed by atoms with Gasteiger partial charge in [-0.05, 0) is 30.8 Å². The second kappa shape index (κ2) is 6.25. The van der Waals surface area contributed by atoms with Crippen LogP contribution < -0.4 is 5.73 Å². The first-order chi connectivity index (χ1) is 8.12. The van der Waals surface area contributed by atoms with Crippen LogP contribution in [0.1, 0.15) is 29.8 Å². The molecule has 4 nitrogen and oxygen atoms in total. The van der Waals surface area contributed by atoms with Gasteiger partial charge in [-0.15, -0.1) is 0 Å². The first-order valence-corrected chi connectivity index (χ1v) is 5.81. The van der Waals surface area contributed by atoms with Gasteiger partial charge in [-0.3, -0.25) is 4.90 Å². The number of hydrogen-bond acceptors (Lipinski definition) is 4. The zero-order valence-electron chi connectivity index (χ0n) is 10.7. The summed E-state index contributed by atoms with van der Waals surface area (Å²) in [5, 5.41) is 0. The van der Waals surface area contributed by atoms with Crippen LogP contribution in [0.15, 0.2) is 18.2 Å². The molecule has 94 valence electrons. The van der Waals surface area contributed by atoms with Gasteiger partial charge < -0.3 is 10.5 Å². The van der Waals surface area contributed by atoms with Gasteiger partial charge in [-0.1, -0.05) is 19.9 Å². The molecule has 0 saturated carbocycles. The molecule has 0 fully saturated rings. The third-order valence-electron chi connectivity index (χ3n) is 2.86. The van der Waals surface area contributed by atoms with E-state index in [-0.39, 0.29) is 5.97 Å². The molecule has 0 aliphatic carbocycles. The maximum Gasteiger partial charge on any atom is 0.337 e. The Bertz CT molecular complexity index is 387. The van der Waals surface area contributed by atoms with Crippen molar-refractivity contribution in [2.24, 2.45) is 0 Å². The van der Waals surface area contributed by atoms with E-state index < -0.39 is 0 Å². The Balaban J connectivity index is 2.86. The standard InChI is InChI=1S/C13H20N2O2/c1-4-15(5-2)9-11-7-6-10(8-12(11)14)13(16)17-3/h6-8H,4-5,9,14H2,1-3H3. The van der Waals surface area contributed by atoms with Crippen molar-refractivity contribution in [3.8, 4) is 0 Å². The van der Waals surface area contributed by atoms with E-state index in [0.29, 0.717) is 11.3 Å². The third-order valence-corrected chi connectivity index (χ3v) is 2.86. The number of carbonyl (C=O) groups excluding carboxylic acids is 1.